The summed E-state index contributed by atoms with van der Waals surface area (Å²) in [6.45, 7) is 2.35. The van der Waals surface area contributed by atoms with E-state index >= 15 is 0 Å². The molecule has 0 aliphatic rings. The predicted octanol–water partition coefficient (Wildman–Crippen LogP) is 4.11. The molecule has 106 valence electrons. The van der Waals surface area contributed by atoms with Gasteiger partial charge in [0.15, 0.2) is 0 Å². The van der Waals surface area contributed by atoms with Crippen LogP contribution in [0.3, 0.4) is 0 Å². The van der Waals surface area contributed by atoms with Crippen molar-refractivity contribution in [2.24, 2.45) is 0 Å². The summed E-state index contributed by atoms with van der Waals surface area (Å²) in [5.74, 6) is 0.292. The largest absolute Gasteiger partial charge is 0.463 e. The van der Waals surface area contributed by atoms with E-state index in [4.69, 9.17) is 9.15 Å². The van der Waals surface area contributed by atoms with Crippen molar-refractivity contribution in [3.63, 3.8) is 0 Å². The Bertz CT molecular complexity index is 574. The number of benzene rings is 1. The van der Waals surface area contributed by atoms with Crippen molar-refractivity contribution in [3.8, 4) is 0 Å². The molecule has 1 atom stereocenters. The molecule has 1 aromatic carbocycles. The number of methoxy groups -OCH3 is 1. The Balaban J connectivity index is 1.94. The van der Waals surface area contributed by atoms with Crippen molar-refractivity contribution in [2.75, 3.05) is 7.11 Å². The van der Waals surface area contributed by atoms with Gasteiger partial charge in [-0.3, -0.25) is 0 Å². The van der Waals surface area contributed by atoms with E-state index in [2.05, 4.69) is 20.7 Å². The molecule has 5 heteroatoms. The number of hydrogen-bond acceptors (Lipinski definition) is 4. The molecule has 20 heavy (non-hydrogen) atoms. The van der Waals surface area contributed by atoms with Crippen molar-refractivity contribution in [1.29, 1.82) is 0 Å². The Labute approximate surface area is 125 Å². The first-order chi connectivity index (χ1) is 9.60. The van der Waals surface area contributed by atoms with Crippen LogP contribution in [0.2, 0.25) is 0 Å². The van der Waals surface area contributed by atoms with Gasteiger partial charge in [-0.15, -0.1) is 0 Å². The zero-order valence-electron chi connectivity index (χ0n) is 11.3. The standard InChI is InChI=1S/C15H15BrO4/c1-10(13-7-8-14(20-13)15(17)18-2)19-9-11-3-5-12(16)6-4-11/h3-8,10H,9H2,1-2H3. The number of ether oxygens (including phenoxy) is 2. The third kappa shape index (κ3) is 3.71. The molecule has 0 saturated carbocycles. The summed E-state index contributed by atoms with van der Waals surface area (Å²) in [5, 5.41) is 0. The normalized spacial score (nSPS) is 12.2. The highest BCUT2D eigenvalue weighted by Gasteiger charge is 2.15. The van der Waals surface area contributed by atoms with Crippen LogP contribution < -0.4 is 0 Å². The van der Waals surface area contributed by atoms with Gasteiger partial charge in [0.2, 0.25) is 5.76 Å². The van der Waals surface area contributed by atoms with E-state index in [1.165, 1.54) is 7.11 Å². The quantitative estimate of drug-likeness (QED) is 0.770. The second-order valence-electron chi connectivity index (χ2n) is 4.27. The molecule has 0 fully saturated rings. The Morgan fingerprint density at radius 2 is 1.95 bits per heavy atom. The van der Waals surface area contributed by atoms with Gasteiger partial charge in [-0.05, 0) is 36.8 Å². The SMILES string of the molecule is COC(=O)c1ccc(C(C)OCc2ccc(Br)cc2)o1. The Kier molecular flexibility index (Phi) is 4.98. The number of carbonyl (C=O) groups is 1. The van der Waals surface area contributed by atoms with E-state index in [1.54, 1.807) is 12.1 Å². The molecule has 0 spiro atoms. The zero-order valence-corrected chi connectivity index (χ0v) is 12.8. The van der Waals surface area contributed by atoms with Crippen molar-refractivity contribution in [3.05, 3.63) is 58.0 Å². The highest BCUT2D eigenvalue weighted by atomic mass is 79.9. The van der Waals surface area contributed by atoms with Crippen molar-refractivity contribution in [1.82, 2.24) is 0 Å². The third-order valence-electron chi connectivity index (χ3n) is 2.83. The lowest BCUT2D eigenvalue weighted by molar-refractivity contribution is 0.0350. The lowest BCUT2D eigenvalue weighted by Gasteiger charge is -2.10. The first-order valence-electron chi connectivity index (χ1n) is 6.14. The van der Waals surface area contributed by atoms with E-state index in [0.29, 0.717) is 12.4 Å². The number of furan rings is 1. The number of esters is 1. The summed E-state index contributed by atoms with van der Waals surface area (Å²) < 4.78 is 16.7. The van der Waals surface area contributed by atoms with Crippen molar-refractivity contribution >= 4 is 21.9 Å². The average Bonchev–Trinajstić information content (AvgIpc) is 2.95. The molecule has 2 rings (SSSR count). The summed E-state index contributed by atoms with van der Waals surface area (Å²) in [6, 6.07) is 11.2. The Morgan fingerprint density at radius 1 is 1.25 bits per heavy atom. The molecule has 0 N–H and O–H groups in total. The van der Waals surface area contributed by atoms with Crippen LogP contribution in [0.25, 0.3) is 0 Å². The fraction of sp³-hybridized carbons (Fsp3) is 0.267. The molecular formula is C15H15BrO4. The van der Waals surface area contributed by atoms with Crippen molar-refractivity contribution in [2.45, 2.75) is 19.6 Å². The minimum absolute atomic E-state index is 0.182. The van der Waals surface area contributed by atoms with Gasteiger partial charge in [0, 0.05) is 4.47 Å². The summed E-state index contributed by atoms with van der Waals surface area (Å²) in [6.07, 6.45) is -0.239. The van der Waals surface area contributed by atoms with Gasteiger partial charge in [0.05, 0.1) is 13.7 Å². The number of hydrogen-bond donors (Lipinski definition) is 0. The maximum absolute atomic E-state index is 11.3. The number of carbonyl (C=O) groups excluding carboxylic acids is 1. The van der Waals surface area contributed by atoms with E-state index in [0.717, 1.165) is 10.0 Å². The minimum atomic E-state index is -0.489. The molecule has 1 aromatic heterocycles. The minimum Gasteiger partial charge on any atom is -0.463 e. The van der Waals surface area contributed by atoms with Crippen LogP contribution in [0.5, 0.6) is 0 Å². The van der Waals surface area contributed by atoms with Gasteiger partial charge in [0.25, 0.3) is 0 Å². The Hall–Kier alpha value is -1.59. The molecule has 0 amide bonds. The summed E-state index contributed by atoms with van der Waals surface area (Å²) in [4.78, 5) is 11.3. The van der Waals surface area contributed by atoms with Gasteiger partial charge in [-0.25, -0.2) is 4.79 Å². The smallest absolute Gasteiger partial charge is 0.373 e. The molecule has 0 saturated heterocycles. The second-order valence-corrected chi connectivity index (χ2v) is 5.19. The second kappa shape index (κ2) is 6.72. The molecular weight excluding hydrogens is 324 g/mol. The van der Waals surface area contributed by atoms with Crippen LogP contribution in [0.1, 0.15) is 34.9 Å². The van der Waals surface area contributed by atoms with Gasteiger partial charge in [-0.1, -0.05) is 28.1 Å². The molecule has 4 nitrogen and oxygen atoms in total. The van der Waals surface area contributed by atoms with Crippen LogP contribution in [0.4, 0.5) is 0 Å². The number of halogens is 1. The molecule has 0 aliphatic carbocycles. The van der Waals surface area contributed by atoms with Crippen LogP contribution in [0.15, 0.2) is 45.3 Å². The monoisotopic (exact) mass is 338 g/mol. The molecule has 1 unspecified atom stereocenters. The van der Waals surface area contributed by atoms with Crippen LogP contribution in [-0.2, 0) is 16.1 Å². The fourth-order valence-corrected chi connectivity index (χ4v) is 1.93. The van der Waals surface area contributed by atoms with Gasteiger partial charge in [-0.2, -0.15) is 0 Å². The van der Waals surface area contributed by atoms with E-state index < -0.39 is 5.97 Å². The maximum atomic E-state index is 11.3. The van der Waals surface area contributed by atoms with E-state index in [9.17, 15) is 4.79 Å². The molecule has 0 radical (unpaired) electrons. The maximum Gasteiger partial charge on any atom is 0.373 e. The highest BCUT2D eigenvalue weighted by molar-refractivity contribution is 9.10. The van der Waals surface area contributed by atoms with E-state index in [1.807, 2.05) is 31.2 Å². The number of rotatable bonds is 5. The molecule has 2 aromatic rings. The van der Waals surface area contributed by atoms with Crippen LogP contribution in [0, 0.1) is 0 Å². The molecule has 0 aliphatic heterocycles. The van der Waals surface area contributed by atoms with Gasteiger partial charge < -0.3 is 13.9 Å². The Morgan fingerprint density at radius 3 is 2.60 bits per heavy atom. The van der Waals surface area contributed by atoms with Crippen LogP contribution >= 0.6 is 15.9 Å². The average molecular weight is 339 g/mol. The fourth-order valence-electron chi connectivity index (χ4n) is 1.67. The first-order valence-corrected chi connectivity index (χ1v) is 6.93. The lowest BCUT2D eigenvalue weighted by atomic mass is 10.2. The van der Waals surface area contributed by atoms with Gasteiger partial charge >= 0.3 is 5.97 Å². The third-order valence-corrected chi connectivity index (χ3v) is 3.36. The van der Waals surface area contributed by atoms with Gasteiger partial charge in [0.1, 0.15) is 11.9 Å². The zero-order chi connectivity index (χ0) is 14.5. The molecule has 0 bridgehead atoms. The topological polar surface area (TPSA) is 48.7 Å². The lowest BCUT2D eigenvalue weighted by Crippen LogP contribution is -2.01. The van der Waals surface area contributed by atoms with E-state index in [-0.39, 0.29) is 11.9 Å². The summed E-state index contributed by atoms with van der Waals surface area (Å²) in [7, 11) is 1.32. The van der Waals surface area contributed by atoms with Crippen molar-refractivity contribution < 1.29 is 18.7 Å². The summed E-state index contributed by atoms with van der Waals surface area (Å²) >= 11 is 3.39. The first kappa shape index (κ1) is 14.8. The predicted molar refractivity (Wildman–Crippen MR) is 77.4 cm³/mol. The highest BCUT2D eigenvalue weighted by Crippen LogP contribution is 2.22. The molecule has 1 heterocycles. The van der Waals surface area contributed by atoms with Crippen LogP contribution in [-0.4, -0.2) is 13.1 Å². The summed E-state index contributed by atoms with van der Waals surface area (Å²) in [5.41, 5.74) is 1.07.